The Labute approximate surface area is 85.9 Å². The second-order valence-corrected chi connectivity index (χ2v) is 3.39. The molecule has 0 aliphatic heterocycles. The molecular formula is C10H8ClFN2. The van der Waals surface area contributed by atoms with E-state index in [1.165, 1.54) is 16.8 Å². The molecular weight excluding hydrogens is 203 g/mol. The molecule has 14 heavy (non-hydrogen) atoms. The number of aryl methyl sites for hydroxylation is 1. The van der Waals surface area contributed by atoms with Gasteiger partial charge in [0.15, 0.2) is 0 Å². The lowest BCUT2D eigenvalue weighted by Crippen LogP contribution is -1.96. The fourth-order valence-electron chi connectivity index (χ4n) is 1.26. The van der Waals surface area contributed by atoms with Crippen LogP contribution in [0.15, 0.2) is 30.3 Å². The van der Waals surface area contributed by atoms with Crippen LogP contribution in [0.4, 0.5) is 4.39 Å². The van der Waals surface area contributed by atoms with E-state index in [1.54, 1.807) is 18.2 Å². The fourth-order valence-corrected chi connectivity index (χ4v) is 1.55. The number of hydrogen-bond donors (Lipinski definition) is 0. The molecule has 0 spiro atoms. The lowest BCUT2D eigenvalue weighted by Gasteiger charge is -2.01. The Morgan fingerprint density at radius 1 is 1.36 bits per heavy atom. The molecule has 0 atom stereocenters. The van der Waals surface area contributed by atoms with Crippen LogP contribution in [0.25, 0.3) is 5.69 Å². The van der Waals surface area contributed by atoms with E-state index in [0.29, 0.717) is 10.8 Å². The maximum absolute atomic E-state index is 12.9. The average Bonchev–Trinajstić information content (AvgIpc) is 2.45. The molecule has 0 bridgehead atoms. The molecule has 0 amide bonds. The number of hydrogen-bond acceptors (Lipinski definition) is 1. The van der Waals surface area contributed by atoms with E-state index in [-0.39, 0.29) is 5.82 Å². The first kappa shape index (κ1) is 9.21. The Bertz CT molecular complexity index is 465. The largest absolute Gasteiger partial charge is 0.222 e. The molecule has 72 valence electrons. The van der Waals surface area contributed by atoms with Crippen molar-refractivity contribution in [2.24, 2.45) is 0 Å². The van der Waals surface area contributed by atoms with E-state index in [0.717, 1.165) is 5.69 Å². The Hall–Kier alpha value is -1.35. The summed E-state index contributed by atoms with van der Waals surface area (Å²) in [5.74, 6) is -0.299. The van der Waals surface area contributed by atoms with E-state index in [1.807, 2.05) is 6.92 Å². The van der Waals surface area contributed by atoms with Crippen LogP contribution >= 0.6 is 11.6 Å². The summed E-state index contributed by atoms with van der Waals surface area (Å²) in [5, 5.41) is 4.62. The first-order valence-corrected chi connectivity index (χ1v) is 4.53. The zero-order valence-corrected chi connectivity index (χ0v) is 8.29. The Balaban J connectivity index is 2.54. The minimum absolute atomic E-state index is 0.299. The quantitative estimate of drug-likeness (QED) is 0.708. The molecule has 0 unspecified atom stereocenters. The standard InChI is InChI=1S/C10H8ClFN2/c1-7-5-10(11)14(13-7)9-4-2-3-8(12)6-9/h2-6H,1H3. The van der Waals surface area contributed by atoms with Crippen molar-refractivity contribution in [3.05, 3.63) is 47.0 Å². The highest BCUT2D eigenvalue weighted by Crippen LogP contribution is 2.17. The smallest absolute Gasteiger partial charge is 0.133 e. The Morgan fingerprint density at radius 3 is 2.71 bits per heavy atom. The van der Waals surface area contributed by atoms with Gasteiger partial charge in [-0.2, -0.15) is 5.10 Å². The summed E-state index contributed by atoms with van der Waals surface area (Å²) in [6.07, 6.45) is 0. The van der Waals surface area contributed by atoms with Crippen LogP contribution in [0.2, 0.25) is 5.15 Å². The summed E-state index contributed by atoms with van der Waals surface area (Å²) >= 11 is 5.91. The number of nitrogens with zero attached hydrogens (tertiary/aromatic N) is 2. The van der Waals surface area contributed by atoms with E-state index < -0.39 is 0 Å². The molecule has 1 aromatic carbocycles. The highest BCUT2D eigenvalue weighted by atomic mass is 35.5. The summed E-state index contributed by atoms with van der Waals surface area (Å²) in [5.41, 5.74) is 1.43. The van der Waals surface area contributed by atoms with Crippen molar-refractivity contribution < 1.29 is 4.39 Å². The van der Waals surface area contributed by atoms with Crippen LogP contribution in [0.1, 0.15) is 5.69 Å². The van der Waals surface area contributed by atoms with Crippen molar-refractivity contribution in [2.45, 2.75) is 6.92 Å². The highest BCUT2D eigenvalue weighted by molar-refractivity contribution is 6.29. The van der Waals surface area contributed by atoms with Gasteiger partial charge in [0.2, 0.25) is 0 Å². The van der Waals surface area contributed by atoms with E-state index in [4.69, 9.17) is 11.6 Å². The molecule has 2 rings (SSSR count). The molecule has 0 saturated heterocycles. The van der Waals surface area contributed by atoms with Gasteiger partial charge in [-0.3, -0.25) is 0 Å². The van der Waals surface area contributed by atoms with Gasteiger partial charge >= 0.3 is 0 Å². The van der Waals surface area contributed by atoms with Crippen molar-refractivity contribution in [3.8, 4) is 5.69 Å². The average molecular weight is 211 g/mol. The maximum atomic E-state index is 12.9. The van der Waals surface area contributed by atoms with Gasteiger partial charge in [-0.1, -0.05) is 17.7 Å². The monoisotopic (exact) mass is 210 g/mol. The molecule has 0 fully saturated rings. The predicted octanol–water partition coefficient (Wildman–Crippen LogP) is 2.97. The minimum atomic E-state index is -0.299. The molecule has 1 heterocycles. The first-order chi connectivity index (χ1) is 6.66. The van der Waals surface area contributed by atoms with Gasteiger partial charge < -0.3 is 0 Å². The van der Waals surface area contributed by atoms with E-state index >= 15 is 0 Å². The zero-order valence-electron chi connectivity index (χ0n) is 7.54. The van der Waals surface area contributed by atoms with Gasteiger partial charge in [0.25, 0.3) is 0 Å². The molecule has 0 saturated carbocycles. The van der Waals surface area contributed by atoms with Gasteiger partial charge in [-0.15, -0.1) is 0 Å². The third kappa shape index (κ3) is 1.63. The summed E-state index contributed by atoms with van der Waals surface area (Å²) in [4.78, 5) is 0. The predicted molar refractivity (Wildman–Crippen MR) is 53.3 cm³/mol. The number of rotatable bonds is 1. The second-order valence-electron chi connectivity index (χ2n) is 3.00. The van der Waals surface area contributed by atoms with Crippen molar-refractivity contribution >= 4 is 11.6 Å². The van der Waals surface area contributed by atoms with Gasteiger partial charge in [0.05, 0.1) is 11.4 Å². The third-order valence-electron chi connectivity index (χ3n) is 1.84. The van der Waals surface area contributed by atoms with E-state index in [2.05, 4.69) is 5.10 Å². The Morgan fingerprint density at radius 2 is 2.14 bits per heavy atom. The maximum Gasteiger partial charge on any atom is 0.133 e. The van der Waals surface area contributed by atoms with Crippen molar-refractivity contribution in [1.82, 2.24) is 9.78 Å². The summed E-state index contributed by atoms with van der Waals surface area (Å²) in [6.45, 7) is 1.83. The van der Waals surface area contributed by atoms with Crippen LogP contribution in [0, 0.1) is 12.7 Å². The number of benzene rings is 1. The summed E-state index contributed by atoms with van der Waals surface area (Å²) < 4.78 is 14.4. The molecule has 0 aliphatic rings. The topological polar surface area (TPSA) is 17.8 Å². The van der Waals surface area contributed by atoms with Gasteiger partial charge in [0, 0.05) is 0 Å². The minimum Gasteiger partial charge on any atom is -0.222 e. The van der Waals surface area contributed by atoms with Gasteiger partial charge in [-0.25, -0.2) is 9.07 Å². The third-order valence-corrected chi connectivity index (χ3v) is 2.11. The van der Waals surface area contributed by atoms with Crippen molar-refractivity contribution in [3.63, 3.8) is 0 Å². The van der Waals surface area contributed by atoms with Crippen LogP contribution in [0.5, 0.6) is 0 Å². The zero-order chi connectivity index (χ0) is 10.1. The second kappa shape index (κ2) is 3.42. The lowest BCUT2D eigenvalue weighted by molar-refractivity contribution is 0.625. The fraction of sp³-hybridized carbons (Fsp3) is 0.100. The SMILES string of the molecule is Cc1cc(Cl)n(-c2cccc(F)c2)n1. The lowest BCUT2D eigenvalue weighted by atomic mass is 10.3. The summed E-state index contributed by atoms with van der Waals surface area (Å²) in [6, 6.07) is 7.87. The molecule has 2 aromatic rings. The number of halogens is 2. The first-order valence-electron chi connectivity index (χ1n) is 4.15. The van der Waals surface area contributed by atoms with Gasteiger partial charge in [0.1, 0.15) is 11.0 Å². The normalized spacial score (nSPS) is 10.5. The molecule has 1 aromatic heterocycles. The molecule has 0 N–H and O–H groups in total. The van der Waals surface area contributed by atoms with Gasteiger partial charge in [-0.05, 0) is 31.2 Å². The summed E-state index contributed by atoms with van der Waals surface area (Å²) in [7, 11) is 0. The van der Waals surface area contributed by atoms with Crippen LogP contribution in [0.3, 0.4) is 0 Å². The van der Waals surface area contributed by atoms with Crippen molar-refractivity contribution in [2.75, 3.05) is 0 Å². The Kier molecular flexibility index (Phi) is 2.25. The van der Waals surface area contributed by atoms with E-state index in [9.17, 15) is 4.39 Å². The molecule has 0 radical (unpaired) electrons. The molecule has 0 aliphatic carbocycles. The molecule has 2 nitrogen and oxygen atoms in total. The highest BCUT2D eigenvalue weighted by Gasteiger charge is 2.05. The van der Waals surface area contributed by atoms with Crippen LogP contribution in [-0.4, -0.2) is 9.78 Å². The van der Waals surface area contributed by atoms with Crippen LogP contribution < -0.4 is 0 Å². The van der Waals surface area contributed by atoms with Crippen LogP contribution in [-0.2, 0) is 0 Å². The van der Waals surface area contributed by atoms with Crippen molar-refractivity contribution in [1.29, 1.82) is 0 Å². The number of aromatic nitrogens is 2. The molecule has 4 heteroatoms.